The van der Waals surface area contributed by atoms with Gasteiger partial charge in [-0.2, -0.15) is 0 Å². The summed E-state index contributed by atoms with van der Waals surface area (Å²) in [5.41, 5.74) is 2.41. The van der Waals surface area contributed by atoms with Gasteiger partial charge in [0.15, 0.2) is 0 Å². The minimum absolute atomic E-state index is 0.772. The first kappa shape index (κ1) is 8.67. The Balaban J connectivity index is 2.43. The highest BCUT2D eigenvalue weighted by Gasteiger charge is 1.88. The molecular formula is C11H13N. The van der Waals surface area contributed by atoms with E-state index in [0.717, 1.165) is 18.7 Å². The number of benzene rings is 1. The Morgan fingerprint density at radius 3 is 2.58 bits per heavy atom. The average Bonchev–Trinajstić information content (AvgIpc) is 2.09. The van der Waals surface area contributed by atoms with Crippen LogP contribution in [0, 0.1) is 19.3 Å². The van der Waals surface area contributed by atoms with Gasteiger partial charge in [0.2, 0.25) is 0 Å². The first-order chi connectivity index (χ1) is 5.83. The molecule has 1 nitrogen and oxygen atoms in total. The number of nitrogens with one attached hydrogen (secondary N) is 1. The fourth-order valence-corrected chi connectivity index (χ4v) is 0.950. The zero-order chi connectivity index (χ0) is 8.81. The summed E-state index contributed by atoms with van der Waals surface area (Å²) in [6.45, 7) is 2.92. The summed E-state index contributed by atoms with van der Waals surface area (Å²) in [5, 5.41) is 3.23. The number of aryl methyl sites for hydroxylation is 1. The van der Waals surface area contributed by atoms with Crippen LogP contribution in [0.5, 0.6) is 0 Å². The topological polar surface area (TPSA) is 12.0 Å². The molecule has 0 aliphatic carbocycles. The third kappa shape index (κ3) is 2.67. The van der Waals surface area contributed by atoms with E-state index in [4.69, 9.17) is 6.42 Å². The fourth-order valence-electron chi connectivity index (χ4n) is 0.950. The van der Waals surface area contributed by atoms with Crippen molar-refractivity contribution < 1.29 is 0 Å². The van der Waals surface area contributed by atoms with Crippen molar-refractivity contribution in [2.45, 2.75) is 13.3 Å². The van der Waals surface area contributed by atoms with Gasteiger partial charge >= 0.3 is 0 Å². The van der Waals surface area contributed by atoms with Gasteiger partial charge in [0.25, 0.3) is 0 Å². The van der Waals surface area contributed by atoms with Crippen molar-refractivity contribution in [3.05, 3.63) is 29.8 Å². The molecule has 0 unspecified atom stereocenters. The van der Waals surface area contributed by atoms with Gasteiger partial charge in [-0.15, -0.1) is 12.3 Å². The maximum Gasteiger partial charge on any atom is 0.0340 e. The molecule has 0 atom stereocenters. The van der Waals surface area contributed by atoms with E-state index in [1.807, 2.05) is 0 Å². The second-order valence-electron chi connectivity index (χ2n) is 2.75. The summed E-state index contributed by atoms with van der Waals surface area (Å²) in [6, 6.07) is 8.29. The standard InChI is InChI=1S/C11H13N/c1-3-4-9-12-11-7-5-10(2)6-8-11/h1,5-8,12H,4,9H2,2H3. The minimum atomic E-state index is 0.772. The third-order valence-electron chi connectivity index (χ3n) is 1.65. The van der Waals surface area contributed by atoms with E-state index < -0.39 is 0 Å². The van der Waals surface area contributed by atoms with Crippen LogP contribution in [0.3, 0.4) is 0 Å². The van der Waals surface area contributed by atoms with E-state index >= 15 is 0 Å². The molecule has 0 aliphatic rings. The molecule has 0 saturated heterocycles. The molecule has 1 rings (SSSR count). The van der Waals surface area contributed by atoms with Crippen molar-refractivity contribution in [2.24, 2.45) is 0 Å². The first-order valence-electron chi connectivity index (χ1n) is 4.07. The lowest BCUT2D eigenvalue weighted by Gasteiger charge is -2.03. The summed E-state index contributed by atoms with van der Waals surface area (Å²) in [5.74, 6) is 2.59. The van der Waals surface area contributed by atoms with Crippen molar-refractivity contribution >= 4 is 5.69 Å². The zero-order valence-corrected chi connectivity index (χ0v) is 7.30. The van der Waals surface area contributed by atoms with E-state index in [-0.39, 0.29) is 0 Å². The molecule has 0 saturated carbocycles. The molecule has 0 fully saturated rings. The van der Waals surface area contributed by atoms with Gasteiger partial charge in [0, 0.05) is 18.7 Å². The number of rotatable bonds is 3. The lowest BCUT2D eigenvalue weighted by atomic mass is 10.2. The molecule has 0 heterocycles. The van der Waals surface area contributed by atoms with Gasteiger partial charge < -0.3 is 5.32 Å². The highest BCUT2D eigenvalue weighted by molar-refractivity contribution is 5.44. The molecule has 12 heavy (non-hydrogen) atoms. The van der Waals surface area contributed by atoms with Crippen LogP contribution in [-0.2, 0) is 0 Å². The molecule has 0 amide bonds. The Morgan fingerprint density at radius 1 is 1.33 bits per heavy atom. The maximum absolute atomic E-state index is 5.13. The Hall–Kier alpha value is -1.42. The van der Waals surface area contributed by atoms with Crippen molar-refractivity contribution in [3.8, 4) is 12.3 Å². The SMILES string of the molecule is C#CCCNc1ccc(C)cc1. The maximum atomic E-state index is 5.13. The summed E-state index contributed by atoms with van der Waals surface area (Å²) in [6.07, 6.45) is 5.90. The zero-order valence-electron chi connectivity index (χ0n) is 7.30. The predicted molar refractivity (Wildman–Crippen MR) is 53.1 cm³/mol. The van der Waals surface area contributed by atoms with Crippen LogP contribution in [0.4, 0.5) is 5.69 Å². The summed E-state index contributed by atoms with van der Waals surface area (Å²) >= 11 is 0. The highest BCUT2D eigenvalue weighted by Crippen LogP contribution is 2.07. The van der Waals surface area contributed by atoms with Gasteiger partial charge in [0.1, 0.15) is 0 Å². The monoisotopic (exact) mass is 159 g/mol. The molecule has 0 aliphatic heterocycles. The van der Waals surface area contributed by atoms with Crippen molar-refractivity contribution in [3.63, 3.8) is 0 Å². The average molecular weight is 159 g/mol. The van der Waals surface area contributed by atoms with Crippen LogP contribution >= 0.6 is 0 Å². The van der Waals surface area contributed by atoms with Crippen LogP contribution < -0.4 is 5.32 Å². The van der Waals surface area contributed by atoms with Crippen molar-refractivity contribution in [2.75, 3.05) is 11.9 Å². The van der Waals surface area contributed by atoms with Crippen molar-refractivity contribution in [1.82, 2.24) is 0 Å². The number of hydrogen-bond acceptors (Lipinski definition) is 1. The van der Waals surface area contributed by atoms with E-state index in [9.17, 15) is 0 Å². The van der Waals surface area contributed by atoms with Crippen LogP contribution in [0.25, 0.3) is 0 Å². The third-order valence-corrected chi connectivity index (χ3v) is 1.65. The molecule has 0 spiro atoms. The summed E-state index contributed by atoms with van der Waals surface area (Å²) < 4.78 is 0. The van der Waals surface area contributed by atoms with Gasteiger partial charge in [-0.1, -0.05) is 17.7 Å². The lowest BCUT2D eigenvalue weighted by Crippen LogP contribution is -1.99. The quantitative estimate of drug-likeness (QED) is 0.527. The minimum Gasteiger partial charge on any atom is -0.384 e. The van der Waals surface area contributed by atoms with Crippen molar-refractivity contribution in [1.29, 1.82) is 0 Å². The van der Waals surface area contributed by atoms with E-state index in [1.54, 1.807) is 0 Å². The predicted octanol–water partition coefficient (Wildman–Crippen LogP) is 2.43. The van der Waals surface area contributed by atoms with Crippen LogP contribution in [-0.4, -0.2) is 6.54 Å². The summed E-state index contributed by atoms with van der Waals surface area (Å²) in [7, 11) is 0. The Labute approximate surface area is 73.8 Å². The molecule has 1 N–H and O–H groups in total. The van der Waals surface area contributed by atoms with Gasteiger partial charge in [0.05, 0.1) is 0 Å². The molecule has 1 aromatic carbocycles. The van der Waals surface area contributed by atoms with Crippen LogP contribution in [0.1, 0.15) is 12.0 Å². The summed E-state index contributed by atoms with van der Waals surface area (Å²) in [4.78, 5) is 0. The first-order valence-corrected chi connectivity index (χ1v) is 4.07. The molecule has 0 aromatic heterocycles. The van der Waals surface area contributed by atoms with E-state index in [1.165, 1.54) is 5.56 Å². The molecule has 0 bridgehead atoms. The number of hydrogen-bond donors (Lipinski definition) is 1. The van der Waals surface area contributed by atoms with E-state index in [0.29, 0.717) is 0 Å². The molecule has 1 aromatic rings. The molecule has 0 radical (unpaired) electrons. The van der Waals surface area contributed by atoms with Gasteiger partial charge in [-0.05, 0) is 19.1 Å². The number of terminal acetylenes is 1. The van der Waals surface area contributed by atoms with Gasteiger partial charge in [-0.3, -0.25) is 0 Å². The van der Waals surface area contributed by atoms with Crippen LogP contribution in [0.15, 0.2) is 24.3 Å². The Kier molecular flexibility index (Phi) is 3.22. The Morgan fingerprint density at radius 2 is 2.00 bits per heavy atom. The second-order valence-corrected chi connectivity index (χ2v) is 2.75. The molecule has 62 valence electrons. The smallest absolute Gasteiger partial charge is 0.0340 e. The lowest BCUT2D eigenvalue weighted by molar-refractivity contribution is 1.10. The van der Waals surface area contributed by atoms with Gasteiger partial charge in [-0.25, -0.2) is 0 Å². The van der Waals surface area contributed by atoms with E-state index in [2.05, 4.69) is 42.4 Å². The second kappa shape index (κ2) is 4.46. The highest BCUT2D eigenvalue weighted by atomic mass is 14.9. The fraction of sp³-hybridized carbons (Fsp3) is 0.273. The largest absolute Gasteiger partial charge is 0.384 e. The normalized spacial score (nSPS) is 9.00. The molecular weight excluding hydrogens is 146 g/mol. The Bertz CT molecular complexity index is 266. The number of anilines is 1. The molecule has 1 heteroatoms. The van der Waals surface area contributed by atoms with Crippen LogP contribution in [0.2, 0.25) is 0 Å².